The lowest BCUT2D eigenvalue weighted by Gasteiger charge is -2.13. The van der Waals surface area contributed by atoms with Gasteiger partial charge in [0.25, 0.3) is 0 Å². The van der Waals surface area contributed by atoms with E-state index in [1.54, 1.807) is 24.3 Å². The summed E-state index contributed by atoms with van der Waals surface area (Å²) < 4.78 is 15.6. The molecule has 0 N–H and O–H groups in total. The Balaban J connectivity index is 2.39. The van der Waals surface area contributed by atoms with E-state index in [0.717, 1.165) is 5.56 Å². The van der Waals surface area contributed by atoms with Crippen LogP contribution >= 0.6 is 15.9 Å². The third kappa shape index (κ3) is 3.59. The first-order chi connectivity index (χ1) is 11.5. The summed E-state index contributed by atoms with van der Waals surface area (Å²) in [6.07, 6.45) is 0. The van der Waals surface area contributed by atoms with Gasteiger partial charge in [0.15, 0.2) is 11.5 Å². The van der Waals surface area contributed by atoms with Gasteiger partial charge in [-0.05, 0) is 17.7 Å². The zero-order chi connectivity index (χ0) is 17.7. The molecule has 0 aliphatic heterocycles. The van der Waals surface area contributed by atoms with Gasteiger partial charge in [-0.25, -0.2) is 0 Å². The van der Waals surface area contributed by atoms with Crippen molar-refractivity contribution in [2.45, 2.75) is 5.33 Å². The minimum atomic E-state index is -0.638. The fourth-order valence-corrected chi connectivity index (χ4v) is 2.59. The highest BCUT2D eigenvalue weighted by Crippen LogP contribution is 2.38. The molecular formula is C18H17BrO5. The van der Waals surface area contributed by atoms with Gasteiger partial charge in [0.1, 0.15) is 0 Å². The Labute approximate surface area is 148 Å². The van der Waals surface area contributed by atoms with Crippen LogP contribution in [0.15, 0.2) is 36.4 Å². The quantitative estimate of drug-likeness (QED) is 0.408. The second-order valence-corrected chi connectivity index (χ2v) is 5.46. The van der Waals surface area contributed by atoms with Crippen LogP contribution < -0.4 is 14.2 Å². The van der Waals surface area contributed by atoms with E-state index in [-0.39, 0.29) is 5.56 Å². The van der Waals surface area contributed by atoms with Crippen molar-refractivity contribution in [2.24, 2.45) is 0 Å². The average molecular weight is 393 g/mol. The van der Waals surface area contributed by atoms with Crippen LogP contribution in [-0.2, 0) is 5.33 Å². The van der Waals surface area contributed by atoms with Crippen molar-refractivity contribution >= 4 is 27.5 Å². The van der Waals surface area contributed by atoms with Crippen LogP contribution in [0.25, 0.3) is 0 Å². The van der Waals surface area contributed by atoms with Crippen LogP contribution in [0.4, 0.5) is 0 Å². The van der Waals surface area contributed by atoms with Crippen LogP contribution in [0.3, 0.4) is 0 Å². The molecule has 0 spiro atoms. The molecule has 2 aromatic rings. The topological polar surface area (TPSA) is 61.8 Å². The summed E-state index contributed by atoms with van der Waals surface area (Å²) in [5, 5.41) is 0.683. The Bertz CT molecular complexity index is 727. The maximum absolute atomic E-state index is 12.5. The van der Waals surface area contributed by atoms with Crippen molar-refractivity contribution < 1.29 is 23.8 Å². The van der Waals surface area contributed by atoms with Gasteiger partial charge in [0.05, 0.1) is 21.3 Å². The second-order valence-electron chi connectivity index (χ2n) is 4.90. The molecule has 0 atom stereocenters. The molecule has 0 saturated carbocycles. The molecule has 0 amide bonds. The third-order valence-electron chi connectivity index (χ3n) is 3.50. The molecule has 126 valence electrons. The molecule has 0 heterocycles. The average Bonchev–Trinajstić information content (AvgIpc) is 2.65. The van der Waals surface area contributed by atoms with Crippen LogP contribution in [0.2, 0.25) is 0 Å². The Kier molecular flexibility index (Phi) is 5.98. The lowest BCUT2D eigenvalue weighted by Crippen LogP contribution is -2.15. The SMILES string of the molecule is COc1cc(C(=O)C(=O)c2ccc(CBr)cc2)cc(OC)c1OC. The molecule has 0 fully saturated rings. The monoisotopic (exact) mass is 392 g/mol. The van der Waals surface area contributed by atoms with Crippen LogP contribution in [-0.4, -0.2) is 32.9 Å². The molecule has 0 radical (unpaired) electrons. The maximum atomic E-state index is 12.5. The van der Waals surface area contributed by atoms with Gasteiger partial charge in [0, 0.05) is 16.5 Å². The highest BCUT2D eigenvalue weighted by molar-refractivity contribution is 9.08. The number of ether oxygens (including phenoxy) is 3. The number of carbonyl (C=O) groups excluding carboxylic acids is 2. The number of rotatable bonds is 7. The number of alkyl halides is 1. The summed E-state index contributed by atoms with van der Waals surface area (Å²) in [6.45, 7) is 0. The normalized spacial score (nSPS) is 10.2. The van der Waals surface area contributed by atoms with Gasteiger partial charge in [-0.2, -0.15) is 0 Å². The van der Waals surface area contributed by atoms with E-state index in [4.69, 9.17) is 14.2 Å². The van der Waals surface area contributed by atoms with Crippen molar-refractivity contribution in [2.75, 3.05) is 21.3 Å². The molecular weight excluding hydrogens is 376 g/mol. The molecule has 24 heavy (non-hydrogen) atoms. The molecule has 0 aromatic heterocycles. The van der Waals surface area contributed by atoms with E-state index < -0.39 is 11.6 Å². The first kappa shape index (κ1) is 18.0. The number of carbonyl (C=O) groups is 2. The summed E-state index contributed by atoms with van der Waals surface area (Å²) in [4.78, 5) is 24.9. The lowest BCUT2D eigenvalue weighted by molar-refractivity contribution is 0.0816. The first-order valence-corrected chi connectivity index (χ1v) is 8.21. The Morgan fingerprint density at radius 2 is 1.33 bits per heavy atom. The van der Waals surface area contributed by atoms with Crippen LogP contribution in [0.1, 0.15) is 26.3 Å². The highest BCUT2D eigenvalue weighted by Gasteiger charge is 2.22. The fourth-order valence-electron chi connectivity index (χ4n) is 2.22. The zero-order valence-electron chi connectivity index (χ0n) is 13.6. The first-order valence-electron chi connectivity index (χ1n) is 7.09. The molecule has 0 bridgehead atoms. The summed E-state index contributed by atoms with van der Waals surface area (Å²) in [7, 11) is 4.37. The zero-order valence-corrected chi connectivity index (χ0v) is 15.2. The molecule has 0 unspecified atom stereocenters. The summed E-state index contributed by atoms with van der Waals surface area (Å²) in [5.41, 5.74) is 1.53. The van der Waals surface area contributed by atoms with Crippen molar-refractivity contribution in [1.82, 2.24) is 0 Å². The third-order valence-corrected chi connectivity index (χ3v) is 4.15. The number of hydrogen-bond donors (Lipinski definition) is 0. The molecule has 5 nitrogen and oxygen atoms in total. The van der Waals surface area contributed by atoms with Gasteiger partial charge in [-0.15, -0.1) is 0 Å². The van der Waals surface area contributed by atoms with E-state index in [0.29, 0.717) is 28.1 Å². The Morgan fingerprint density at radius 1 is 0.833 bits per heavy atom. The number of benzene rings is 2. The van der Waals surface area contributed by atoms with Crippen LogP contribution in [0.5, 0.6) is 17.2 Å². The highest BCUT2D eigenvalue weighted by atomic mass is 79.9. The van der Waals surface area contributed by atoms with Crippen molar-refractivity contribution in [3.8, 4) is 17.2 Å². The Morgan fingerprint density at radius 3 is 1.75 bits per heavy atom. The van der Waals surface area contributed by atoms with Crippen molar-refractivity contribution in [3.63, 3.8) is 0 Å². The van der Waals surface area contributed by atoms with E-state index in [1.807, 2.05) is 0 Å². The van der Waals surface area contributed by atoms with Crippen LogP contribution in [0, 0.1) is 0 Å². The number of methoxy groups -OCH3 is 3. The van der Waals surface area contributed by atoms with Gasteiger partial charge in [-0.1, -0.05) is 40.2 Å². The maximum Gasteiger partial charge on any atom is 0.233 e. The molecule has 0 aliphatic rings. The van der Waals surface area contributed by atoms with Gasteiger partial charge in [-0.3, -0.25) is 9.59 Å². The predicted molar refractivity (Wildman–Crippen MR) is 93.8 cm³/mol. The van der Waals surface area contributed by atoms with Crippen molar-refractivity contribution in [1.29, 1.82) is 0 Å². The molecule has 0 aliphatic carbocycles. The minimum absolute atomic E-state index is 0.180. The van der Waals surface area contributed by atoms with Gasteiger partial charge in [0.2, 0.25) is 17.3 Å². The largest absolute Gasteiger partial charge is 0.493 e. The van der Waals surface area contributed by atoms with Crippen molar-refractivity contribution in [3.05, 3.63) is 53.1 Å². The smallest absolute Gasteiger partial charge is 0.233 e. The van der Waals surface area contributed by atoms with Gasteiger partial charge < -0.3 is 14.2 Å². The standard InChI is InChI=1S/C18H17BrO5/c1-22-14-8-13(9-15(23-2)18(14)24-3)17(21)16(20)12-6-4-11(10-19)5-7-12/h4-9H,10H2,1-3H3. The fraction of sp³-hybridized carbons (Fsp3) is 0.222. The number of ketones is 2. The van der Waals surface area contributed by atoms with E-state index in [2.05, 4.69) is 15.9 Å². The number of hydrogen-bond acceptors (Lipinski definition) is 5. The Hall–Kier alpha value is -2.34. The number of Topliss-reactive ketones (excluding diaryl/α,β-unsaturated/α-hetero) is 2. The molecule has 2 rings (SSSR count). The second kappa shape index (κ2) is 7.97. The van der Waals surface area contributed by atoms with E-state index in [1.165, 1.54) is 33.5 Å². The minimum Gasteiger partial charge on any atom is -0.493 e. The number of halogens is 1. The summed E-state index contributed by atoms with van der Waals surface area (Å²) >= 11 is 3.34. The summed E-state index contributed by atoms with van der Waals surface area (Å²) in [6, 6.07) is 9.79. The molecule has 2 aromatic carbocycles. The van der Waals surface area contributed by atoms with E-state index in [9.17, 15) is 9.59 Å². The predicted octanol–water partition coefficient (Wildman–Crippen LogP) is 3.67. The molecule has 6 heteroatoms. The van der Waals surface area contributed by atoms with E-state index >= 15 is 0 Å². The van der Waals surface area contributed by atoms with Gasteiger partial charge >= 0.3 is 0 Å². The summed E-state index contributed by atoms with van der Waals surface area (Å²) in [5.74, 6) is -0.220. The molecule has 0 saturated heterocycles. The lowest BCUT2D eigenvalue weighted by atomic mass is 10.00.